The zero-order valence-electron chi connectivity index (χ0n) is 16.7. The Kier molecular flexibility index (Phi) is 6.91. The average molecular weight is 395 g/mol. The van der Waals surface area contributed by atoms with Gasteiger partial charge in [-0.05, 0) is 42.7 Å². The molecule has 29 heavy (non-hydrogen) atoms. The van der Waals surface area contributed by atoms with E-state index in [1.165, 1.54) is 0 Å². The van der Waals surface area contributed by atoms with E-state index in [-0.39, 0.29) is 23.3 Å². The van der Waals surface area contributed by atoms with E-state index in [0.717, 1.165) is 5.56 Å². The molecule has 0 aliphatic carbocycles. The summed E-state index contributed by atoms with van der Waals surface area (Å²) in [5, 5.41) is 2.83. The van der Waals surface area contributed by atoms with Crippen molar-refractivity contribution in [3.05, 3.63) is 66.0 Å². The van der Waals surface area contributed by atoms with Gasteiger partial charge in [0.15, 0.2) is 5.69 Å². The van der Waals surface area contributed by atoms with Crippen LogP contribution in [0.4, 0.5) is 0 Å². The molecule has 0 spiro atoms. The summed E-state index contributed by atoms with van der Waals surface area (Å²) >= 11 is 0. The van der Waals surface area contributed by atoms with Crippen molar-refractivity contribution in [1.29, 1.82) is 0 Å². The Bertz CT molecular complexity index is 971. The molecule has 0 atom stereocenters. The lowest BCUT2D eigenvalue weighted by atomic mass is 10.2. The minimum absolute atomic E-state index is 0.222. The van der Waals surface area contributed by atoms with E-state index in [9.17, 15) is 9.59 Å². The predicted octanol–water partition coefficient (Wildman–Crippen LogP) is 1.81. The molecule has 0 saturated carbocycles. The second kappa shape index (κ2) is 9.79. The molecule has 0 bridgehead atoms. The van der Waals surface area contributed by atoms with Gasteiger partial charge in [0.05, 0.1) is 5.52 Å². The van der Waals surface area contributed by atoms with E-state index in [1.54, 1.807) is 48.1 Å². The fraction of sp³-hybridized carbons (Fsp3) is 0.333. The summed E-state index contributed by atoms with van der Waals surface area (Å²) in [5.74, 6) is -0.318. The van der Waals surface area contributed by atoms with Crippen molar-refractivity contribution in [2.45, 2.75) is 12.8 Å². The third kappa shape index (κ3) is 4.97. The highest BCUT2D eigenvalue weighted by Gasteiger charge is 2.23. The number of nitrogens with one attached hydrogen (secondary N) is 1. The van der Waals surface area contributed by atoms with Crippen molar-refractivity contribution in [3.8, 4) is 0 Å². The first-order chi connectivity index (χ1) is 14.1. The highest BCUT2D eigenvalue weighted by Crippen LogP contribution is 2.15. The Hall–Kier alpha value is -3.26. The van der Waals surface area contributed by atoms with Gasteiger partial charge in [-0.25, -0.2) is 4.98 Å². The smallest absolute Gasteiger partial charge is 0.290 e. The van der Waals surface area contributed by atoms with Gasteiger partial charge in [-0.15, -0.1) is 0 Å². The minimum Gasteiger partial charge on any atom is -0.385 e. The molecule has 3 rings (SSSR count). The van der Waals surface area contributed by atoms with E-state index >= 15 is 0 Å². The van der Waals surface area contributed by atoms with Crippen molar-refractivity contribution in [3.63, 3.8) is 0 Å². The maximum atomic E-state index is 13.0. The molecule has 0 unspecified atom stereocenters. The van der Waals surface area contributed by atoms with Gasteiger partial charge in [-0.3, -0.25) is 19.0 Å². The molecule has 0 aliphatic heterocycles. The van der Waals surface area contributed by atoms with Crippen LogP contribution in [0.3, 0.4) is 0 Å². The van der Waals surface area contributed by atoms with Crippen LogP contribution in [0.2, 0.25) is 0 Å². The number of aromatic nitrogens is 3. The lowest BCUT2D eigenvalue weighted by Crippen LogP contribution is -2.30. The van der Waals surface area contributed by atoms with Gasteiger partial charge in [-0.2, -0.15) is 0 Å². The highest BCUT2D eigenvalue weighted by molar-refractivity contribution is 6.02. The normalized spacial score (nSPS) is 10.8. The van der Waals surface area contributed by atoms with E-state index in [0.29, 0.717) is 38.1 Å². The van der Waals surface area contributed by atoms with Crippen LogP contribution in [0, 0.1) is 0 Å². The molecule has 0 aliphatic rings. The largest absolute Gasteiger partial charge is 0.385 e. The number of nitrogens with zero attached hydrogens (tertiary/aromatic N) is 4. The number of amides is 2. The van der Waals surface area contributed by atoms with E-state index in [4.69, 9.17) is 4.74 Å². The molecule has 3 aromatic rings. The van der Waals surface area contributed by atoms with Crippen LogP contribution in [0.1, 0.15) is 33.1 Å². The summed E-state index contributed by atoms with van der Waals surface area (Å²) in [6.45, 7) is 1.58. The van der Waals surface area contributed by atoms with Crippen molar-refractivity contribution in [1.82, 2.24) is 24.6 Å². The van der Waals surface area contributed by atoms with E-state index < -0.39 is 0 Å². The molecule has 0 fully saturated rings. The number of ether oxygens (including phenoxy) is 1. The maximum absolute atomic E-state index is 13.0. The molecule has 0 radical (unpaired) electrons. The molecule has 3 heterocycles. The molecule has 152 valence electrons. The van der Waals surface area contributed by atoms with Gasteiger partial charge in [0.1, 0.15) is 0 Å². The fourth-order valence-corrected chi connectivity index (χ4v) is 2.98. The Morgan fingerprint density at radius 2 is 2.00 bits per heavy atom. The van der Waals surface area contributed by atoms with Crippen molar-refractivity contribution < 1.29 is 14.3 Å². The molecule has 8 heteroatoms. The summed E-state index contributed by atoms with van der Waals surface area (Å²) in [7, 11) is 3.35. The Labute approximate surface area is 169 Å². The lowest BCUT2D eigenvalue weighted by Gasteiger charge is -2.16. The maximum Gasteiger partial charge on any atom is 0.290 e. The third-order valence-electron chi connectivity index (χ3n) is 4.60. The Morgan fingerprint density at radius 3 is 2.76 bits per heavy atom. The molecule has 2 amide bonds. The molecule has 8 nitrogen and oxygen atoms in total. The second-order valence-corrected chi connectivity index (χ2v) is 6.67. The van der Waals surface area contributed by atoms with Crippen molar-refractivity contribution >= 4 is 17.3 Å². The first kappa shape index (κ1) is 20.5. The minimum atomic E-state index is -0.303. The molecule has 1 N–H and O–H groups in total. The molecular formula is C21H25N5O3. The number of likely N-dealkylation sites (N-methyl/N-ethyl adjacent to an activating group) is 1. The number of carbonyl (C=O) groups is 2. The molecule has 0 aromatic carbocycles. The monoisotopic (exact) mass is 395 g/mol. The zero-order valence-corrected chi connectivity index (χ0v) is 16.7. The summed E-state index contributed by atoms with van der Waals surface area (Å²) < 4.78 is 6.65. The van der Waals surface area contributed by atoms with E-state index in [1.807, 2.05) is 24.3 Å². The second-order valence-electron chi connectivity index (χ2n) is 6.67. The Morgan fingerprint density at radius 1 is 1.21 bits per heavy atom. The summed E-state index contributed by atoms with van der Waals surface area (Å²) in [4.78, 5) is 35.6. The summed E-state index contributed by atoms with van der Waals surface area (Å²) in [6.07, 6.45) is 6.63. The van der Waals surface area contributed by atoms with Crippen molar-refractivity contribution in [2.75, 3.05) is 33.9 Å². The number of rotatable bonds is 9. The lowest BCUT2D eigenvalue weighted by molar-refractivity contribution is 0.0784. The summed E-state index contributed by atoms with van der Waals surface area (Å²) in [5.41, 5.74) is 1.94. The first-order valence-corrected chi connectivity index (χ1v) is 9.50. The van der Waals surface area contributed by atoms with Gasteiger partial charge in [0.2, 0.25) is 5.82 Å². The number of hydrogen-bond acceptors (Lipinski definition) is 5. The van der Waals surface area contributed by atoms with E-state index in [2.05, 4.69) is 15.3 Å². The number of imidazole rings is 1. The molecule has 3 aromatic heterocycles. The SMILES string of the molecule is COCCCNC(=O)c1nc(C(=O)N(C)CCc2ccncc2)n2ccccc12. The topological polar surface area (TPSA) is 88.8 Å². The van der Waals surface area contributed by atoms with Crippen LogP contribution in [0.5, 0.6) is 0 Å². The van der Waals surface area contributed by atoms with Gasteiger partial charge in [0.25, 0.3) is 11.8 Å². The highest BCUT2D eigenvalue weighted by atomic mass is 16.5. The number of fused-ring (bicyclic) bond motifs is 1. The van der Waals surface area contributed by atoms with Gasteiger partial charge >= 0.3 is 0 Å². The predicted molar refractivity (Wildman–Crippen MR) is 109 cm³/mol. The van der Waals surface area contributed by atoms with Gasteiger partial charge in [0, 0.05) is 52.4 Å². The van der Waals surface area contributed by atoms with Crippen LogP contribution in [-0.2, 0) is 11.2 Å². The van der Waals surface area contributed by atoms with Crippen molar-refractivity contribution in [2.24, 2.45) is 0 Å². The number of methoxy groups -OCH3 is 1. The summed E-state index contributed by atoms with van der Waals surface area (Å²) in [6, 6.07) is 9.26. The zero-order chi connectivity index (χ0) is 20.6. The number of pyridine rings is 2. The first-order valence-electron chi connectivity index (χ1n) is 9.50. The van der Waals surface area contributed by atoms with Crippen LogP contribution in [-0.4, -0.2) is 64.9 Å². The number of carbonyl (C=O) groups excluding carboxylic acids is 2. The van der Waals surface area contributed by atoms with Crippen LogP contribution in [0.25, 0.3) is 5.52 Å². The molecular weight excluding hydrogens is 370 g/mol. The fourth-order valence-electron chi connectivity index (χ4n) is 2.98. The number of hydrogen-bond donors (Lipinski definition) is 1. The van der Waals surface area contributed by atoms with Gasteiger partial charge < -0.3 is 15.0 Å². The van der Waals surface area contributed by atoms with Crippen LogP contribution >= 0.6 is 0 Å². The van der Waals surface area contributed by atoms with Crippen LogP contribution < -0.4 is 5.32 Å². The third-order valence-corrected chi connectivity index (χ3v) is 4.60. The average Bonchev–Trinajstić information content (AvgIpc) is 3.15. The quantitative estimate of drug-likeness (QED) is 0.558. The van der Waals surface area contributed by atoms with Crippen LogP contribution in [0.15, 0.2) is 48.9 Å². The molecule has 0 saturated heterocycles. The van der Waals surface area contributed by atoms with Gasteiger partial charge in [-0.1, -0.05) is 6.07 Å². The standard InChI is InChI=1S/C21H25N5O3/c1-25(14-9-16-7-11-22-12-8-16)21(28)19-24-18(17-6-3-4-13-26(17)19)20(27)23-10-5-15-29-2/h3-4,6-8,11-13H,5,9-10,14-15H2,1-2H3,(H,23,27). The Balaban J connectivity index is 1.76.